The van der Waals surface area contributed by atoms with Crippen LogP contribution in [0.1, 0.15) is 13.3 Å². The van der Waals surface area contributed by atoms with Crippen molar-refractivity contribution in [2.75, 3.05) is 5.75 Å². The molecule has 0 heterocycles. The van der Waals surface area contributed by atoms with Gasteiger partial charge in [-0.2, -0.15) is 12.6 Å². The molecule has 1 radical (unpaired) electrons. The summed E-state index contributed by atoms with van der Waals surface area (Å²) < 4.78 is 0. The third-order valence-electron chi connectivity index (χ3n) is 0.682. The van der Waals surface area contributed by atoms with E-state index >= 15 is 0 Å². The fourth-order valence-electron chi connectivity index (χ4n) is 0.129. The SMILES string of the molecule is CCC(O)CS.[Hg].[Na]. The van der Waals surface area contributed by atoms with E-state index in [1.165, 1.54) is 0 Å². The van der Waals surface area contributed by atoms with E-state index in [1.807, 2.05) is 6.92 Å². The molecule has 4 heteroatoms. The van der Waals surface area contributed by atoms with E-state index in [4.69, 9.17) is 5.11 Å². The second-order valence-corrected chi connectivity index (χ2v) is 1.61. The molecule has 1 N–H and O–H groups in total. The zero-order valence-corrected chi connectivity index (χ0v) is 14.0. The van der Waals surface area contributed by atoms with Gasteiger partial charge in [-0.15, -0.1) is 0 Å². The Kier molecular flexibility index (Phi) is 25.0. The summed E-state index contributed by atoms with van der Waals surface area (Å²) in [7, 11) is 0. The van der Waals surface area contributed by atoms with Gasteiger partial charge < -0.3 is 5.11 Å². The van der Waals surface area contributed by atoms with Crippen molar-refractivity contribution in [1.82, 2.24) is 0 Å². The molecule has 0 aliphatic heterocycles. The number of aliphatic hydroxyl groups is 1. The molecule has 0 spiro atoms. The minimum absolute atomic E-state index is 0. The van der Waals surface area contributed by atoms with E-state index < -0.39 is 0 Å². The van der Waals surface area contributed by atoms with Crippen LogP contribution in [0.2, 0.25) is 0 Å². The van der Waals surface area contributed by atoms with Crippen molar-refractivity contribution >= 4 is 42.2 Å². The third-order valence-corrected chi connectivity index (χ3v) is 1.10. The fourth-order valence-corrected chi connectivity index (χ4v) is 0.387. The van der Waals surface area contributed by atoms with Crippen LogP contribution in [-0.2, 0) is 27.7 Å². The predicted molar refractivity (Wildman–Crippen MR) is 35.9 cm³/mol. The average molecular weight is 330 g/mol. The average Bonchev–Trinajstić information content (AvgIpc) is 1.65. The van der Waals surface area contributed by atoms with E-state index in [-0.39, 0.29) is 63.3 Å². The van der Waals surface area contributed by atoms with Gasteiger partial charge in [0.25, 0.3) is 0 Å². The topological polar surface area (TPSA) is 20.2 Å². The maximum Gasteiger partial charge on any atom is 0.0625 e. The van der Waals surface area contributed by atoms with E-state index in [0.717, 1.165) is 6.42 Å². The van der Waals surface area contributed by atoms with Crippen LogP contribution >= 0.6 is 12.6 Å². The molecule has 1 unspecified atom stereocenters. The van der Waals surface area contributed by atoms with E-state index in [9.17, 15) is 0 Å². The molecular formula is C4H10HgNaOS. The van der Waals surface area contributed by atoms with Crippen molar-refractivity contribution in [2.24, 2.45) is 0 Å². The first-order valence-electron chi connectivity index (χ1n) is 2.10. The summed E-state index contributed by atoms with van der Waals surface area (Å²) in [4.78, 5) is 0. The van der Waals surface area contributed by atoms with Crippen molar-refractivity contribution < 1.29 is 32.8 Å². The number of hydrogen-bond donors (Lipinski definition) is 2. The maximum absolute atomic E-state index is 8.59. The van der Waals surface area contributed by atoms with Crippen LogP contribution in [0.25, 0.3) is 0 Å². The predicted octanol–water partition coefficient (Wildman–Crippen LogP) is 0.304. The van der Waals surface area contributed by atoms with Gasteiger partial charge in [-0.25, -0.2) is 0 Å². The van der Waals surface area contributed by atoms with Gasteiger partial charge in [-0.1, -0.05) is 6.92 Å². The molecule has 0 saturated carbocycles. The van der Waals surface area contributed by atoms with Crippen molar-refractivity contribution in [3.63, 3.8) is 0 Å². The van der Waals surface area contributed by atoms with Crippen LogP contribution in [0.15, 0.2) is 0 Å². The quantitative estimate of drug-likeness (QED) is 0.552. The molecule has 41 valence electrons. The summed E-state index contributed by atoms with van der Waals surface area (Å²) in [6.45, 7) is 1.93. The van der Waals surface area contributed by atoms with Gasteiger partial charge in [-0.3, -0.25) is 0 Å². The Morgan fingerprint density at radius 2 is 2.00 bits per heavy atom. The second-order valence-electron chi connectivity index (χ2n) is 1.24. The number of hydrogen-bond acceptors (Lipinski definition) is 2. The van der Waals surface area contributed by atoms with Crippen LogP contribution in [-0.4, -0.2) is 46.5 Å². The van der Waals surface area contributed by atoms with Gasteiger partial charge in [0.2, 0.25) is 0 Å². The molecule has 0 rings (SSSR count). The van der Waals surface area contributed by atoms with Crippen molar-refractivity contribution in [2.45, 2.75) is 19.4 Å². The minimum atomic E-state index is -0.201. The van der Waals surface area contributed by atoms with Crippen molar-refractivity contribution in [1.29, 1.82) is 0 Å². The van der Waals surface area contributed by atoms with Crippen molar-refractivity contribution in [3.05, 3.63) is 0 Å². The summed E-state index contributed by atoms with van der Waals surface area (Å²) in [5.74, 6) is 0.580. The summed E-state index contributed by atoms with van der Waals surface area (Å²) in [5, 5.41) is 8.59. The number of thiol groups is 1. The molecule has 0 aliphatic carbocycles. The molecule has 0 aromatic carbocycles. The Morgan fingerprint density at radius 1 is 1.62 bits per heavy atom. The minimum Gasteiger partial charge on any atom is -0.392 e. The third kappa shape index (κ3) is 11.1. The molecule has 0 bridgehead atoms. The first-order valence-corrected chi connectivity index (χ1v) is 2.73. The van der Waals surface area contributed by atoms with Crippen LogP contribution in [0.3, 0.4) is 0 Å². The largest absolute Gasteiger partial charge is 0.392 e. The van der Waals surface area contributed by atoms with Gasteiger partial charge in [0.1, 0.15) is 0 Å². The molecular weight excluding hydrogens is 320 g/mol. The van der Waals surface area contributed by atoms with Gasteiger partial charge in [0.15, 0.2) is 0 Å². The van der Waals surface area contributed by atoms with Gasteiger partial charge in [0, 0.05) is 63.0 Å². The van der Waals surface area contributed by atoms with Crippen LogP contribution in [0.5, 0.6) is 0 Å². The molecule has 0 aromatic heterocycles. The van der Waals surface area contributed by atoms with E-state index in [1.54, 1.807) is 0 Å². The molecule has 0 saturated heterocycles. The maximum atomic E-state index is 8.59. The standard InChI is InChI=1S/C4H10OS.Hg.Na/c1-2-4(5)3-6;;/h4-6H,2-3H2,1H3;;. The second kappa shape index (κ2) is 12.0. The van der Waals surface area contributed by atoms with E-state index in [0.29, 0.717) is 5.75 Å². The molecule has 1 nitrogen and oxygen atoms in total. The molecule has 0 aliphatic rings. The first-order chi connectivity index (χ1) is 2.81. The normalized spacial score (nSPS) is 10.9. The molecule has 1 atom stereocenters. The van der Waals surface area contributed by atoms with Crippen LogP contribution in [0.4, 0.5) is 0 Å². The Balaban J connectivity index is -0.000000125. The van der Waals surface area contributed by atoms with Gasteiger partial charge in [0.05, 0.1) is 6.10 Å². The van der Waals surface area contributed by atoms with Gasteiger partial charge >= 0.3 is 0 Å². The Hall–Kier alpha value is 2.25. The van der Waals surface area contributed by atoms with Crippen LogP contribution in [0, 0.1) is 0 Å². The number of rotatable bonds is 2. The molecule has 0 amide bonds. The molecule has 0 fully saturated rings. The first kappa shape index (κ1) is 16.7. The zero-order chi connectivity index (χ0) is 4.99. The molecule has 8 heavy (non-hydrogen) atoms. The van der Waals surface area contributed by atoms with Crippen LogP contribution < -0.4 is 0 Å². The summed E-state index contributed by atoms with van der Waals surface area (Å²) in [6, 6.07) is 0. The summed E-state index contributed by atoms with van der Waals surface area (Å²) >= 11 is 3.85. The smallest absolute Gasteiger partial charge is 0.0625 e. The van der Waals surface area contributed by atoms with Crippen molar-refractivity contribution in [3.8, 4) is 0 Å². The Labute approximate surface area is 98.8 Å². The fraction of sp³-hybridized carbons (Fsp3) is 1.00. The molecule has 0 aromatic rings. The number of aliphatic hydroxyl groups excluding tert-OH is 1. The summed E-state index contributed by atoms with van der Waals surface area (Å²) in [6.07, 6.45) is 0.608. The Bertz CT molecular complexity index is 35.2. The Morgan fingerprint density at radius 3 is 2.00 bits per heavy atom. The summed E-state index contributed by atoms with van der Waals surface area (Å²) in [5.41, 5.74) is 0. The van der Waals surface area contributed by atoms with E-state index in [2.05, 4.69) is 12.6 Å². The van der Waals surface area contributed by atoms with Gasteiger partial charge in [-0.05, 0) is 6.42 Å². The monoisotopic (exact) mass is 331 g/mol. The zero-order valence-electron chi connectivity index (χ0n) is 5.59.